The van der Waals surface area contributed by atoms with E-state index in [1.807, 2.05) is 33.8 Å². The van der Waals surface area contributed by atoms with Crippen LogP contribution in [0.15, 0.2) is 34.9 Å². The zero-order valence-corrected chi connectivity index (χ0v) is 25.8. The number of halogens is 2. The maximum atomic E-state index is 14.3. The molecule has 2 saturated heterocycles. The van der Waals surface area contributed by atoms with Crippen LogP contribution in [0.1, 0.15) is 81.1 Å². The summed E-state index contributed by atoms with van der Waals surface area (Å²) < 4.78 is 38.7. The van der Waals surface area contributed by atoms with Crippen molar-refractivity contribution < 1.29 is 27.6 Å². The van der Waals surface area contributed by atoms with E-state index in [-0.39, 0.29) is 59.3 Å². The first-order valence-corrected chi connectivity index (χ1v) is 14.8. The molecular formula is C33H40F2N4O4. The van der Waals surface area contributed by atoms with Crippen LogP contribution in [0.5, 0.6) is 0 Å². The molecule has 43 heavy (non-hydrogen) atoms. The number of ether oxygens (including phenoxy) is 1. The monoisotopic (exact) mass is 594 g/mol. The number of carbonyl (C=O) groups is 2. The van der Waals surface area contributed by atoms with Crippen LogP contribution in [-0.4, -0.2) is 63.9 Å². The Morgan fingerprint density at radius 3 is 2.40 bits per heavy atom. The lowest BCUT2D eigenvalue weighted by Crippen LogP contribution is -2.65. The van der Waals surface area contributed by atoms with Crippen LogP contribution in [0.2, 0.25) is 0 Å². The van der Waals surface area contributed by atoms with Crippen molar-refractivity contribution in [2.75, 3.05) is 26.3 Å². The average molecular weight is 595 g/mol. The first-order valence-electron chi connectivity index (χ1n) is 14.8. The van der Waals surface area contributed by atoms with Crippen molar-refractivity contribution >= 4 is 11.6 Å². The van der Waals surface area contributed by atoms with Gasteiger partial charge in [0.25, 0.3) is 0 Å². The minimum atomic E-state index is -0.804. The molecule has 0 N–H and O–H groups in total. The van der Waals surface area contributed by atoms with E-state index < -0.39 is 22.5 Å². The van der Waals surface area contributed by atoms with Crippen molar-refractivity contribution in [3.05, 3.63) is 64.9 Å². The lowest BCUT2D eigenvalue weighted by Gasteiger charge is -2.57. The van der Waals surface area contributed by atoms with Crippen molar-refractivity contribution in [2.24, 2.45) is 10.8 Å². The SMILES string of the molecule is Cc1cc(C)nc(C(C)(C)CC(=O)CC2(CC(=O)c3cc(-c4ccc(F)cc4F)on3)CN(C3CCOCC3(C)C)C2)n1. The number of carbonyl (C=O) groups excluding carboxylic acids is 2. The molecule has 5 rings (SSSR count). The van der Waals surface area contributed by atoms with Crippen molar-refractivity contribution in [2.45, 2.75) is 78.7 Å². The van der Waals surface area contributed by atoms with Gasteiger partial charge in [0.05, 0.1) is 12.2 Å². The predicted molar refractivity (Wildman–Crippen MR) is 157 cm³/mol. The molecule has 8 nitrogen and oxygen atoms in total. The Hall–Kier alpha value is -3.37. The van der Waals surface area contributed by atoms with Gasteiger partial charge in [0, 0.05) is 84.8 Å². The first-order chi connectivity index (χ1) is 20.2. The van der Waals surface area contributed by atoms with E-state index >= 15 is 0 Å². The van der Waals surface area contributed by atoms with Crippen molar-refractivity contribution in [3.63, 3.8) is 0 Å². The molecule has 0 spiro atoms. The third kappa shape index (κ3) is 6.75. The number of hydrogen-bond donors (Lipinski definition) is 0. The van der Waals surface area contributed by atoms with Crippen molar-refractivity contribution in [1.82, 2.24) is 20.0 Å². The molecule has 230 valence electrons. The van der Waals surface area contributed by atoms with Gasteiger partial charge in [0.2, 0.25) is 0 Å². The van der Waals surface area contributed by atoms with Crippen LogP contribution in [0.3, 0.4) is 0 Å². The summed E-state index contributed by atoms with van der Waals surface area (Å²) in [6, 6.07) is 6.69. The fourth-order valence-corrected chi connectivity index (χ4v) is 6.75. The topological polar surface area (TPSA) is 98.4 Å². The Balaban J connectivity index is 1.35. The fraction of sp³-hybridized carbons (Fsp3) is 0.545. The molecule has 0 aliphatic carbocycles. The lowest BCUT2D eigenvalue weighted by molar-refractivity contribution is -0.137. The minimum absolute atomic E-state index is 0.0187. The molecule has 1 unspecified atom stereocenters. The summed E-state index contributed by atoms with van der Waals surface area (Å²) in [5, 5.41) is 3.91. The molecule has 10 heteroatoms. The summed E-state index contributed by atoms with van der Waals surface area (Å²) in [5.41, 5.74) is 0.566. The highest BCUT2D eigenvalue weighted by molar-refractivity contribution is 5.96. The highest BCUT2D eigenvalue weighted by Gasteiger charge is 2.51. The van der Waals surface area contributed by atoms with Crippen LogP contribution in [0, 0.1) is 36.3 Å². The van der Waals surface area contributed by atoms with Gasteiger partial charge in [-0.1, -0.05) is 32.9 Å². The summed E-state index contributed by atoms with van der Waals surface area (Å²) in [5.74, 6) is -1.08. The predicted octanol–water partition coefficient (Wildman–Crippen LogP) is 6.04. The van der Waals surface area contributed by atoms with E-state index in [0.717, 1.165) is 29.9 Å². The molecule has 1 aromatic carbocycles. The molecule has 0 radical (unpaired) electrons. The van der Waals surface area contributed by atoms with Crippen LogP contribution in [0.25, 0.3) is 11.3 Å². The van der Waals surface area contributed by atoms with Crippen LogP contribution >= 0.6 is 0 Å². The number of rotatable bonds is 10. The molecule has 2 aliphatic rings. The van der Waals surface area contributed by atoms with Crippen molar-refractivity contribution in [1.29, 1.82) is 0 Å². The largest absolute Gasteiger partial charge is 0.381 e. The third-order valence-corrected chi connectivity index (χ3v) is 8.76. The summed E-state index contributed by atoms with van der Waals surface area (Å²) >= 11 is 0. The molecular weight excluding hydrogens is 554 g/mol. The number of likely N-dealkylation sites (tertiary alicyclic amines) is 1. The molecule has 2 aromatic heterocycles. The van der Waals surface area contributed by atoms with Crippen LogP contribution in [0.4, 0.5) is 8.78 Å². The van der Waals surface area contributed by atoms with Gasteiger partial charge in [-0.15, -0.1) is 0 Å². The van der Waals surface area contributed by atoms with Gasteiger partial charge in [0.15, 0.2) is 11.5 Å². The third-order valence-electron chi connectivity index (χ3n) is 8.76. The summed E-state index contributed by atoms with van der Waals surface area (Å²) in [6.45, 7) is 14.7. The number of benzene rings is 1. The second-order valence-corrected chi connectivity index (χ2v) is 13.8. The molecule has 0 bridgehead atoms. The zero-order chi connectivity index (χ0) is 31.2. The number of aryl methyl sites for hydroxylation is 2. The highest BCUT2D eigenvalue weighted by atomic mass is 19.1. The Morgan fingerprint density at radius 2 is 1.74 bits per heavy atom. The first kappa shape index (κ1) is 31.1. The molecule has 2 fully saturated rings. The number of aromatic nitrogens is 3. The van der Waals surface area contributed by atoms with Crippen LogP contribution in [-0.2, 0) is 14.9 Å². The van der Waals surface area contributed by atoms with Gasteiger partial charge in [-0.25, -0.2) is 18.7 Å². The Kier molecular flexibility index (Phi) is 8.39. The molecule has 0 amide bonds. The van der Waals surface area contributed by atoms with Gasteiger partial charge < -0.3 is 9.26 Å². The Labute approximate surface area is 251 Å². The van der Waals surface area contributed by atoms with Gasteiger partial charge in [0.1, 0.15) is 28.9 Å². The van der Waals surface area contributed by atoms with E-state index in [1.165, 1.54) is 12.1 Å². The minimum Gasteiger partial charge on any atom is -0.381 e. The number of hydrogen-bond acceptors (Lipinski definition) is 8. The zero-order valence-electron chi connectivity index (χ0n) is 25.8. The summed E-state index contributed by atoms with van der Waals surface area (Å²) in [4.78, 5) is 38.8. The van der Waals surface area contributed by atoms with Gasteiger partial charge in [-0.05, 0) is 38.5 Å². The molecule has 0 saturated carbocycles. The maximum absolute atomic E-state index is 14.3. The van der Waals surface area contributed by atoms with Crippen molar-refractivity contribution in [3.8, 4) is 11.3 Å². The van der Waals surface area contributed by atoms with E-state index in [2.05, 4.69) is 33.9 Å². The molecule has 3 aromatic rings. The van der Waals surface area contributed by atoms with E-state index in [4.69, 9.17) is 9.26 Å². The second-order valence-electron chi connectivity index (χ2n) is 13.8. The average Bonchev–Trinajstić information content (AvgIpc) is 3.36. The fourth-order valence-electron chi connectivity index (χ4n) is 6.75. The normalized spacial score (nSPS) is 20.0. The molecule has 1 atom stereocenters. The number of nitrogens with zero attached hydrogens (tertiary/aromatic N) is 4. The maximum Gasteiger partial charge on any atom is 0.185 e. The Morgan fingerprint density at radius 1 is 1.05 bits per heavy atom. The van der Waals surface area contributed by atoms with Gasteiger partial charge >= 0.3 is 0 Å². The molecule has 4 heterocycles. The molecule has 2 aliphatic heterocycles. The van der Waals surface area contributed by atoms with Crippen LogP contribution < -0.4 is 0 Å². The highest BCUT2D eigenvalue weighted by Crippen LogP contribution is 2.45. The van der Waals surface area contributed by atoms with Gasteiger partial charge in [-0.3, -0.25) is 14.5 Å². The van der Waals surface area contributed by atoms with E-state index in [9.17, 15) is 18.4 Å². The van der Waals surface area contributed by atoms with E-state index in [1.54, 1.807) is 0 Å². The number of ketones is 2. The summed E-state index contributed by atoms with van der Waals surface area (Å²) in [7, 11) is 0. The van der Waals surface area contributed by atoms with Gasteiger partial charge in [-0.2, -0.15) is 0 Å². The van der Waals surface area contributed by atoms with E-state index in [0.29, 0.717) is 32.1 Å². The second kappa shape index (κ2) is 11.6. The Bertz CT molecular complexity index is 1510. The summed E-state index contributed by atoms with van der Waals surface area (Å²) in [6.07, 6.45) is 1.45. The number of Topliss-reactive ketones (excluding diaryl/α,β-unsaturated/α-hetero) is 2. The standard InChI is InChI=1S/C33H40F2N4O4/c1-20-11-21(2)37-30(36-20)31(3,4)14-23(40)15-33(17-39(18-33)29-9-10-42-19-32(29,5)6)16-27(41)26-13-28(43-38-26)24-8-7-22(34)12-25(24)35/h7-8,11-13,29H,9-10,14-19H2,1-6H3. The quantitative estimate of drug-likeness (QED) is 0.262. The lowest BCUT2D eigenvalue weighted by atomic mass is 9.67. The smallest absolute Gasteiger partial charge is 0.185 e.